The highest BCUT2D eigenvalue weighted by molar-refractivity contribution is 5.78. The first kappa shape index (κ1) is 10.7. The molecule has 3 nitrogen and oxygen atoms in total. The molecule has 0 saturated carbocycles. The van der Waals surface area contributed by atoms with Crippen LogP contribution in [-0.2, 0) is 6.54 Å². The van der Waals surface area contributed by atoms with Gasteiger partial charge in [0, 0.05) is 19.7 Å². The summed E-state index contributed by atoms with van der Waals surface area (Å²) in [5.41, 5.74) is 1.01. The van der Waals surface area contributed by atoms with Crippen LogP contribution in [0.1, 0.15) is 25.5 Å². The van der Waals surface area contributed by atoms with Gasteiger partial charge in [0.05, 0.1) is 18.1 Å². The zero-order valence-electron chi connectivity index (χ0n) is 8.83. The highest BCUT2D eigenvalue weighted by Gasteiger charge is 2.04. The molecule has 0 aliphatic carbocycles. The maximum absolute atomic E-state index is 7.74. The highest BCUT2D eigenvalue weighted by atomic mass is 15.1. The second-order valence-corrected chi connectivity index (χ2v) is 3.37. The van der Waals surface area contributed by atoms with Crippen molar-refractivity contribution in [3.8, 4) is 0 Å². The van der Waals surface area contributed by atoms with E-state index in [1.54, 1.807) is 6.20 Å². The molecule has 1 heterocycles. The average Bonchev–Trinajstić information content (AvgIpc) is 2.19. The van der Waals surface area contributed by atoms with Gasteiger partial charge in [-0.1, -0.05) is 13.0 Å². The van der Waals surface area contributed by atoms with Crippen LogP contribution < -0.4 is 0 Å². The van der Waals surface area contributed by atoms with E-state index < -0.39 is 0 Å². The van der Waals surface area contributed by atoms with E-state index in [4.69, 9.17) is 5.41 Å². The molecule has 1 aromatic heterocycles. The van der Waals surface area contributed by atoms with Gasteiger partial charge in [0.2, 0.25) is 0 Å². The van der Waals surface area contributed by atoms with Gasteiger partial charge in [-0.3, -0.25) is 10.4 Å². The smallest absolute Gasteiger partial charge is 0.0958 e. The standard InChI is InChI=1S/C11H17N3/c1-3-6-11(12)14(2)9-10-7-4-5-8-13-10/h4-5,7-8,12H,3,6,9H2,1-2H3. The molecule has 1 aromatic rings. The van der Waals surface area contributed by atoms with Gasteiger partial charge in [-0.15, -0.1) is 0 Å². The number of nitrogens with one attached hydrogen (secondary N) is 1. The summed E-state index contributed by atoms with van der Waals surface area (Å²) in [6.45, 7) is 2.81. The number of aromatic nitrogens is 1. The van der Waals surface area contributed by atoms with Gasteiger partial charge < -0.3 is 4.90 Å². The molecule has 0 amide bonds. The zero-order valence-corrected chi connectivity index (χ0v) is 8.83. The van der Waals surface area contributed by atoms with Gasteiger partial charge in [-0.05, 0) is 18.6 Å². The van der Waals surface area contributed by atoms with Crippen molar-refractivity contribution in [1.29, 1.82) is 5.41 Å². The van der Waals surface area contributed by atoms with Crippen LogP contribution in [0.25, 0.3) is 0 Å². The molecule has 0 aromatic carbocycles. The van der Waals surface area contributed by atoms with Crippen molar-refractivity contribution in [2.75, 3.05) is 7.05 Å². The topological polar surface area (TPSA) is 40.0 Å². The van der Waals surface area contributed by atoms with E-state index in [2.05, 4.69) is 11.9 Å². The first-order valence-electron chi connectivity index (χ1n) is 4.92. The van der Waals surface area contributed by atoms with Crippen LogP contribution in [0.4, 0.5) is 0 Å². The van der Waals surface area contributed by atoms with Gasteiger partial charge in [0.1, 0.15) is 0 Å². The van der Waals surface area contributed by atoms with E-state index in [9.17, 15) is 0 Å². The Hall–Kier alpha value is -1.38. The van der Waals surface area contributed by atoms with Crippen LogP contribution in [0.15, 0.2) is 24.4 Å². The molecule has 0 radical (unpaired) electrons. The second kappa shape index (κ2) is 5.37. The van der Waals surface area contributed by atoms with Gasteiger partial charge >= 0.3 is 0 Å². The Kier molecular flexibility index (Phi) is 4.11. The summed E-state index contributed by atoms with van der Waals surface area (Å²) in [6, 6.07) is 5.86. The summed E-state index contributed by atoms with van der Waals surface area (Å²) < 4.78 is 0. The molecule has 0 atom stereocenters. The summed E-state index contributed by atoms with van der Waals surface area (Å²) in [4.78, 5) is 6.16. The molecule has 3 heteroatoms. The lowest BCUT2D eigenvalue weighted by Crippen LogP contribution is -2.25. The summed E-state index contributed by atoms with van der Waals surface area (Å²) in [5.74, 6) is 0.679. The third kappa shape index (κ3) is 3.17. The molecule has 0 fully saturated rings. The van der Waals surface area contributed by atoms with Crippen molar-refractivity contribution in [3.05, 3.63) is 30.1 Å². The Morgan fingerprint density at radius 2 is 2.29 bits per heavy atom. The Morgan fingerprint density at radius 3 is 2.86 bits per heavy atom. The van der Waals surface area contributed by atoms with Crippen molar-refractivity contribution < 1.29 is 0 Å². The van der Waals surface area contributed by atoms with Crippen molar-refractivity contribution in [2.45, 2.75) is 26.3 Å². The monoisotopic (exact) mass is 191 g/mol. The predicted octanol–water partition coefficient (Wildman–Crippen LogP) is 2.29. The lowest BCUT2D eigenvalue weighted by molar-refractivity contribution is 0.476. The van der Waals surface area contributed by atoms with Crippen molar-refractivity contribution in [1.82, 2.24) is 9.88 Å². The summed E-state index contributed by atoms with van der Waals surface area (Å²) >= 11 is 0. The van der Waals surface area contributed by atoms with Gasteiger partial charge in [0.25, 0.3) is 0 Å². The molecule has 76 valence electrons. The first-order valence-corrected chi connectivity index (χ1v) is 4.92. The van der Waals surface area contributed by atoms with E-state index in [1.165, 1.54) is 0 Å². The van der Waals surface area contributed by atoms with Gasteiger partial charge in [-0.25, -0.2) is 0 Å². The molecule has 0 saturated heterocycles. The average molecular weight is 191 g/mol. The van der Waals surface area contributed by atoms with Crippen LogP contribution in [0.5, 0.6) is 0 Å². The number of pyridine rings is 1. The van der Waals surface area contributed by atoms with Crippen LogP contribution in [0.3, 0.4) is 0 Å². The predicted molar refractivity (Wildman–Crippen MR) is 58.3 cm³/mol. The maximum Gasteiger partial charge on any atom is 0.0958 e. The molecule has 0 aliphatic heterocycles. The third-order valence-corrected chi connectivity index (χ3v) is 2.07. The quantitative estimate of drug-likeness (QED) is 0.586. The first-order chi connectivity index (χ1) is 6.74. The van der Waals surface area contributed by atoms with E-state index in [1.807, 2.05) is 30.1 Å². The third-order valence-electron chi connectivity index (χ3n) is 2.07. The molecule has 14 heavy (non-hydrogen) atoms. The molecular weight excluding hydrogens is 174 g/mol. The normalized spacial score (nSPS) is 9.86. The van der Waals surface area contributed by atoms with Crippen molar-refractivity contribution in [3.63, 3.8) is 0 Å². The molecule has 1 N–H and O–H groups in total. The molecule has 0 spiro atoms. The minimum atomic E-state index is 0.679. The minimum Gasteiger partial charge on any atom is -0.358 e. The largest absolute Gasteiger partial charge is 0.358 e. The molecule has 0 unspecified atom stereocenters. The van der Waals surface area contributed by atoms with Crippen LogP contribution in [0.2, 0.25) is 0 Å². The van der Waals surface area contributed by atoms with Crippen molar-refractivity contribution in [2.24, 2.45) is 0 Å². The minimum absolute atomic E-state index is 0.679. The van der Waals surface area contributed by atoms with Crippen LogP contribution in [-0.4, -0.2) is 22.8 Å². The number of rotatable bonds is 4. The van der Waals surface area contributed by atoms with E-state index in [0.29, 0.717) is 5.84 Å². The molecule has 0 bridgehead atoms. The number of hydrogen-bond donors (Lipinski definition) is 1. The van der Waals surface area contributed by atoms with E-state index in [0.717, 1.165) is 25.1 Å². The van der Waals surface area contributed by atoms with Gasteiger partial charge in [0.15, 0.2) is 0 Å². The maximum atomic E-state index is 7.74. The van der Waals surface area contributed by atoms with Crippen molar-refractivity contribution >= 4 is 5.84 Å². The van der Waals surface area contributed by atoms with Crippen LogP contribution >= 0.6 is 0 Å². The summed E-state index contributed by atoms with van der Waals surface area (Å²) in [6.07, 6.45) is 3.64. The molecular formula is C11H17N3. The highest BCUT2D eigenvalue weighted by Crippen LogP contribution is 2.02. The fourth-order valence-corrected chi connectivity index (χ4v) is 1.26. The van der Waals surface area contributed by atoms with E-state index >= 15 is 0 Å². The summed E-state index contributed by atoms with van der Waals surface area (Å²) in [7, 11) is 1.94. The summed E-state index contributed by atoms with van der Waals surface area (Å²) in [5, 5.41) is 7.74. The fraction of sp³-hybridized carbons (Fsp3) is 0.455. The SMILES string of the molecule is CCCC(=N)N(C)Cc1ccccn1. The number of amidine groups is 1. The molecule has 0 aliphatic rings. The van der Waals surface area contributed by atoms with Gasteiger partial charge in [-0.2, -0.15) is 0 Å². The Bertz CT molecular complexity index is 282. The molecule has 1 rings (SSSR count). The lowest BCUT2D eigenvalue weighted by Gasteiger charge is -2.18. The second-order valence-electron chi connectivity index (χ2n) is 3.37. The number of nitrogens with zero attached hydrogens (tertiary/aromatic N) is 2. The lowest BCUT2D eigenvalue weighted by atomic mass is 10.2. The Morgan fingerprint density at radius 1 is 1.50 bits per heavy atom. The van der Waals surface area contributed by atoms with Crippen LogP contribution in [0, 0.1) is 5.41 Å². The number of hydrogen-bond acceptors (Lipinski definition) is 2. The Labute approximate surface area is 85.3 Å². The zero-order chi connectivity index (χ0) is 10.4. The fourth-order valence-electron chi connectivity index (χ4n) is 1.26. The van der Waals surface area contributed by atoms with E-state index in [-0.39, 0.29) is 0 Å². The Balaban J connectivity index is 2.49.